The number of carbonyl (C=O) groups excluding carboxylic acids is 2. The summed E-state index contributed by atoms with van der Waals surface area (Å²) in [6.45, 7) is 4.78. The van der Waals surface area contributed by atoms with Gasteiger partial charge in [-0.2, -0.15) is 0 Å². The highest BCUT2D eigenvalue weighted by molar-refractivity contribution is 5.88. The van der Waals surface area contributed by atoms with Gasteiger partial charge in [-0.25, -0.2) is 4.98 Å². The molecule has 3 rings (SSSR count). The van der Waals surface area contributed by atoms with Gasteiger partial charge in [-0.05, 0) is 19.1 Å². The highest BCUT2D eigenvalue weighted by Gasteiger charge is 2.33. The lowest BCUT2D eigenvalue weighted by atomic mass is 10.1. The first-order chi connectivity index (χ1) is 13.1. The summed E-state index contributed by atoms with van der Waals surface area (Å²) in [5.41, 5.74) is 0.894. The van der Waals surface area contributed by atoms with Crippen molar-refractivity contribution in [1.29, 1.82) is 0 Å². The zero-order valence-electron chi connectivity index (χ0n) is 15.8. The van der Waals surface area contributed by atoms with Gasteiger partial charge in [-0.1, -0.05) is 6.07 Å². The Hall–Kier alpha value is -2.74. The highest BCUT2D eigenvalue weighted by Crippen LogP contribution is 2.15. The van der Waals surface area contributed by atoms with Crippen LogP contribution in [-0.2, 0) is 29.7 Å². The molecule has 2 aromatic rings. The lowest BCUT2D eigenvalue weighted by Gasteiger charge is -2.35. The van der Waals surface area contributed by atoms with E-state index in [2.05, 4.69) is 15.3 Å². The molecule has 2 aromatic heterocycles. The molecule has 0 saturated carbocycles. The number of hydrogen-bond donors (Lipinski definition) is 1. The van der Waals surface area contributed by atoms with E-state index in [4.69, 9.17) is 0 Å². The minimum absolute atomic E-state index is 0.0476. The second-order valence-corrected chi connectivity index (χ2v) is 6.66. The topological polar surface area (TPSA) is 83.4 Å². The largest absolute Gasteiger partial charge is 0.353 e. The van der Waals surface area contributed by atoms with Gasteiger partial charge in [0.25, 0.3) is 0 Å². The first-order valence-corrected chi connectivity index (χ1v) is 9.24. The second kappa shape index (κ2) is 8.77. The number of aryl methyl sites for hydroxylation is 1. The highest BCUT2D eigenvalue weighted by atomic mass is 16.2. The van der Waals surface area contributed by atoms with Crippen LogP contribution >= 0.6 is 0 Å². The SMILES string of the molecule is CCN(Cc1nccn1C)C(=O)C[C@@H]1C(=O)NCCN1Cc1ccccn1. The zero-order chi connectivity index (χ0) is 19.2. The van der Waals surface area contributed by atoms with E-state index < -0.39 is 6.04 Å². The smallest absolute Gasteiger partial charge is 0.237 e. The molecule has 3 heterocycles. The van der Waals surface area contributed by atoms with Crippen LogP contribution in [0.3, 0.4) is 0 Å². The standard InChI is InChI=1S/C19H26N6O2/c1-3-24(14-17-21-8-10-23(17)2)18(26)12-16-19(27)22-9-11-25(16)13-15-6-4-5-7-20-15/h4-8,10,16H,3,9,11-14H2,1-2H3,(H,22,27)/t16-/m1/s1. The van der Waals surface area contributed by atoms with Crippen LogP contribution < -0.4 is 5.32 Å². The minimum atomic E-state index is -0.483. The lowest BCUT2D eigenvalue weighted by Crippen LogP contribution is -2.56. The van der Waals surface area contributed by atoms with Crippen molar-refractivity contribution in [2.75, 3.05) is 19.6 Å². The fourth-order valence-electron chi connectivity index (χ4n) is 3.26. The first-order valence-electron chi connectivity index (χ1n) is 9.24. The molecule has 2 amide bonds. The quantitative estimate of drug-likeness (QED) is 0.770. The molecule has 8 heteroatoms. The number of piperazine rings is 1. The van der Waals surface area contributed by atoms with E-state index in [9.17, 15) is 9.59 Å². The zero-order valence-corrected chi connectivity index (χ0v) is 15.8. The Morgan fingerprint density at radius 3 is 2.85 bits per heavy atom. The Kier molecular flexibility index (Phi) is 6.18. The minimum Gasteiger partial charge on any atom is -0.353 e. The van der Waals surface area contributed by atoms with E-state index >= 15 is 0 Å². The molecule has 8 nitrogen and oxygen atoms in total. The molecule has 1 N–H and O–H groups in total. The molecule has 1 aliphatic heterocycles. The average Bonchev–Trinajstić information content (AvgIpc) is 3.08. The van der Waals surface area contributed by atoms with E-state index in [-0.39, 0.29) is 18.2 Å². The Labute approximate surface area is 159 Å². The summed E-state index contributed by atoms with van der Waals surface area (Å²) >= 11 is 0. The number of rotatable bonds is 7. The van der Waals surface area contributed by atoms with Gasteiger partial charge < -0.3 is 14.8 Å². The first kappa shape index (κ1) is 19.0. The van der Waals surface area contributed by atoms with Crippen molar-refractivity contribution in [3.8, 4) is 0 Å². The number of nitrogens with zero attached hydrogens (tertiary/aromatic N) is 5. The summed E-state index contributed by atoms with van der Waals surface area (Å²) in [7, 11) is 1.91. The summed E-state index contributed by atoms with van der Waals surface area (Å²) in [6, 6.07) is 5.25. The van der Waals surface area contributed by atoms with Gasteiger partial charge >= 0.3 is 0 Å². The van der Waals surface area contributed by atoms with Crippen LogP contribution in [0, 0.1) is 0 Å². The van der Waals surface area contributed by atoms with E-state index in [1.807, 2.05) is 47.8 Å². The van der Waals surface area contributed by atoms with Crippen molar-refractivity contribution in [3.05, 3.63) is 48.3 Å². The van der Waals surface area contributed by atoms with Crippen molar-refractivity contribution in [2.45, 2.75) is 32.5 Å². The normalized spacial score (nSPS) is 17.6. The third kappa shape index (κ3) is 4.71. The van der Waals surface area contributed by atoms with Crippen LogP contribution in [0.15, 0.2) is 36.8 Å². The third-order valence-corrected chi connectivity index (χ3v) is 4.89. The molecule has 1 fully saturated rings. The maximum Gasteiger partial charge on any atom is 0.237 e. The van der Waals surface area contributed by atoms with Crippen molar-refractivity contribution < 1.29 is 9.59 Å². The summed E-state index contributed by atoms with van der Waals surface area (Å²) in [4.78, 5) is 37.7. The summed E-state index contributed by atoms with van der Waals surface area (Å²) in [5, 5.41) is 2.88. The molecular weight excluding hydrogens is 344 g/mol. The summed E-state index contributed by atoms with van der Waals surface area (Å²) < 4.78 is 1.90. The van der Waals surface area contributed by atoms with Crippen LogP contribution in [0.5, 0.6) is 0 Å². The van der Waals surface area contributed by atoms with E-state index in [0.717, 1.165) is 11.5 Å². The Bertz CT molecular complexity index is 776. The Morgan fingerprint density at radius 2 is 2.19 bits per heavy atom. The van der Waals surface area contributed by atoms with Gasteiger partial charge in [-0.3, -0.25) is 19.5 Å². The molecule has 0 spiro atoms. The number of nitrogens with one attached hydrogen (secondary N) is 1. The monoisotopic (exact) mass is 370 g/mol. The number of pyridine rings is 1. The van der Waals surface area contributed by atoms with Crippen LogP contribution in [-0.4, -0.2) is 61.8 Å². The number of amides is 2. The molecule has 1 saturated heterocycles. The molecule has 0 radical (unpaired) electrons. The molecule has 144 valence electrons. The van der Waals surface area contributed by atoms with Gasteiger partial charge in [0.2, 0.25) is 11.8 Å². The van der Waals surface area contributed by atoms with Crippen molar-refractivity contribution in [3.63, 3.8) is 0 Å². The molecule has 0 aliphatic carbocycles. The maximum atomic E-state index is 12.9. The summed E-state index contributed by atoms with van der Waals surface area (Å²) in [6.07, 6.45) is 5.47. The van der Waals surface area contributed by atoms with Gasteiger partial charge in [0.1, 0.15) is 5.82 Å². The lowest BCUT2D eigenvalue weighted by molar-refractivity contribution is -0.139. The van der Waals surface area contributed by atoms with Gasteiger partial charge in [0, 0.05) is 51.8 Å². The van der Waals surface area contributed by atoms with E-state index in [1.165, 1.54) is 0 Å². The second-order valence-electron chi connectivity index (χ2n) is 6.66. The van der Waals surface area contributed by atoms with E-state index in [1.54, 1.807) is 17.3 Å². The maximum absolute atomic E-state index is 12.9. The Morgan fingerprint density at radius 1 is 1.33 bits per heavy atom. The van der Waals surface area contributed by atoms with Gasteiger partial charge in [0.05, 0.1) is 24.7 Å². The van der Waals surface area contributed by atoms with Crippen molar-refractivity contribution in [1.82, 2.24) is 29.7 Å². The van der Waals surface area contributed by atoms with Crippen LogP contribution in [0.25, 0.3) is 0 Å². The molecule has 1 atom stereocenters. The molecule has 27 heavy (non-hydrogen) atoms. The average molecular weight is 370 g/mol. The van der Waals surface area contributed by atoms with Crippen LogP contribution in [0.2, 0.25) is 0 Å². The fraction of sp³-hybridized carbons (Fsp3) is 0.474. The molecule has 0 bridgehead atoms. The fourth-order valence-corrected chi connectivity index (χ4v) is 3.26. The summed E-state index contributed by atoms with van der Waals surface area (Å²) in [5.74, 6) is 0.677. The van der Waals surface area contributed by atoms with Crippen LogP contribution in [0.4, 0.5) is 0 Å². The van der Waals surface area contributed by atoms with Crippen molar-refractivity contribution >= 4 is 11.8 Å². The van der Waals surface area contributed by atoms with E-state index in [0.29, 0.717) is 32.7 Å². The number of hydrogen-bond acceptors (Lipinski definition) is 5. The molecule has 1 aliphatic rings. The van der Waals surface area contributed by atoms with Gasteiger partial charge in [-0.15, -0.1) is 0 Å². The third-order valence-electron chi connectivity index (χ3n) is 4.89. The van der Waals surface area contributed by atoms with Crippen molar-refractivity contribution in [2.24, 2.45) is 7.05 Å². The molecule has 0 aromatic carbocycles. The number of imidazole rings is 1. The predicted molar refractivity (Wildman–Crippen MR) is 100 cm³/mol. The Balaban J connectivity index is 1.68. The molecular formula is C19H26N6O2. The number of carbonyl (C=O) groups is 2. The van der Waals surface area contributed by atoms with Crippen LogP contribution in [0.1, 0.15) is 24.9 Å². The predicted octanol–water partition coefficient (Wildman–Crippen LogP) is 0.554. The van der Waals surface area contributed by atoms with Gasteiger partial charge in [0.15, 0.2) is 0 Å². The molecule has 0 unspecified atom stereocenters. The number of aromatic nitrogens is 3.